The molecule has 0 amide bonds. The van der Waals surface area contributed by atoms with Crippen LogP contribution in [0.25, 0.3) is 0 Å². The standard InChI is InChI=1S/C16H22F3NO2/c17-16(18,19)10-7-5-3-1-2-4-6-8-13-12-20-11-9-14(13)15(21)22/h9,11-12H,1-8,10H2,(H,21,22). The molecule has 0 aliphatic carbocycles. The van der Waals surface area contributed by atoms with E-state index in [2.05, 4.69) is 4.98 Å². The van der Waals surface area contributed by atoms with Crippen LogP contribution < -0.4 is 0 Å². The molecule has 1 aromatic heterocycles. The number of nitrogens with zero attached hydrogens (tertiary/aromatic N) is 1. The lowest BCUT2D eigenvalue weighted by Crippen LogP contribution is -2.06. The SMILES string of the molecule is O=C(O)c1ccncc1CCCCCCCCCC(F)(F)F. The predicted molar refractivity (Wildman–Crippen MR) is 77.9 cm³/mol. The van der Waals surface area contributed by atoms with Gasteiger partial charge >= 0.3 is 12.1 Å². The van der Waals surface area contributed by atoms with Gasteiger partial charge in [0, 0.05) is 18.8 Å². The first-order chi connectivity index (χ1) is 10.4. The highest BCUT2D eigenvalue weighted by molar-refractivity contribution is 5.89. The van der Waals surface area contributed by atoms with Crippen LogP contribution in [0.5, 0.6) is 0 Å². The number of aromatic nitrogens is 1. The Kier molecular flexibility index (Phi) is 7.91. The molecule has 0 atom stereocenters. The number of aromatic carboxylic acids is 1. The Morgan fingerprint density at radius 1 is 1.05 bits per heavy atom. The van der Waals surface area contributed by atoms with Crippen molar-refractivity contribution < 1.29 is 23.1 Å². The van der Waals surface area contributed by atoms with Crippen molar-refractivity contribution in [3.8, 4) is 0 Å². The summed E-state index contributed by atoms with van der Waals surface area (Å²) >= 11 is 0. The molecule has 1 heterocycles. The fourth-order valence-electron chi connectivity index (χ4n) is 2.36. The molecule has 0 saturated heterocycles. The minimum Gasteiger partial charge on any atom is -0.478 e. The van der Waals surface area contributed by atoms with Gasteiger partial charge in [0.25, 0.3) is 0 Å². The number of pyridine rings is 1. The number of alkyl halides is 3. The summed E-state index contributed by atoms with van der Waals surface area (Å²) in [6.07, 6.45) is 4.36. The summed E-state index contributed by atoms with van der Waals surface area (Å²) in [4.78, 5) is 15.0. The summed E-state index contributed by atoms with van der Waals surface area (Å²) in [5, 5.41) is 9.04. The van der Waals surface area contributed by atoms with E-state index in [0.29, 0.717) is 18.4 Å². The minimum atomic E-state index is -4.04. The van der Waals surface area contributed by atoms with Crippen molar-refractivity contribution in [2.75, 3.05) is 0 Å². The third-order valence-corrected chi connectivity index (χ3v) is 3.54. The molecule has 0 spiro atoms. The number of unbranched alkanes of at least 4 members (excludes halogenated alkanes) is 6. The van der Waals surface area contributed by atoms with E-state index in [-0.39, 0.29) is 6.42 Å². The number of carboxylic acids is 1. The molecule has 0 saturated carbocycles. The van der Waals surface area contributed by atoms with E-state index in [1.165, 1.54) is 12.3 Å². The number of carbonyl (C=O) groups is 1. The summed E-state index contributed by atoms with van der Waals surface area (Å²) in [7, 11) is 0. The zero-order chi connectivity index (χ0) is 16.4. The third-order valence-electron chi connectivity index (χ3n) is 3.54. The molecule has 0 aromatic carbocycles. The van der Waals surface area contributed by atoms with Crippen molar-refractivity contribution in [2.24, 2.45) is 0 Å². The molecule has 0 aliphatic rings. The van der Waals surface area contributed by atoms with Crippen LogP contribution in [0.4, 0.5) is 13.2 Å². The van der Waals surface area contributed by atoms with E-state index in [1.54, 1.807) is 6.20 Å². The summed E-state index contributed by atoms with van der Waals surface area (Å²) in [5.41, 5.74) is 1.03. The van der Waals surface area contributed by atoms with Crippen molar-refractivity contribution in [2.45, 2.75) is 64.0 Å². The number of hydrogen-bond acceptors (Lipinski definition) is 2. The molecule has 6 heteroatoms. The number of halogens is 3. The van der Waals surface area contributed by atoms with Gasteiger partial charge in [0.2, 0.25) is 0 Å². The van der Waals surface area contributed by atoms with E-state index in [4.69, 9.17) is 5.11 Å². The lowest BCUT2D eigenvalue weighted by molar-refractivity contribution is -0.135. The number of aryl methyl sites for hydroxylation is 1. The average molecular weight is 317 g/mol. The lowest BCUT2D eigenvalue weighted by Gasteiger charge is -2.06. The van der Waals surface area contributed by atoms with Gasteiger partial charge in [-0.1, -0.05) is 32.1 Å². The van der Waals surface area contributed by atoms with Gasteiger partial charge in [-0.15, -0.1) is 0 Å². The summed E-state index contributed by atoms with van der Waals surface area (Å²) < 4.78 is 35.8. The molecule has 1 rings (SSSR count). The van der Waals surface area contributed by atoms with Crippen molar-refractivity contribution >= 4 is 5.97 Å². The normalized spacial score (nSPS) is 11.6. The molecular weight excluding hydrogens is 295 g/mol. The van der Waals surface area contributed by atoms with Crippen LogP contribution in [-0.2, 0) is 6.42 Å². The zero-order valence-corrected chi connectivity index (χ0v) is 12.5. The second kappa shape index (κ2) is 9.43. The zero-order valence-electron chi connectivity index (χ0n) is 12.5. The molecule has 0 aliphatic heterocycles. The molecule has 3 nitrogen and oxygen atoms in total. The highest BCUT2D eigenvalue weighted by Gasteiger charge is 2.25. The second-order valence-corrected chi connectivity index (χ2v) is 5.43. The Morgan fingerprint density at radius 3 is 2.23 bits per heavy atom. The largest absolute Gasteiger partial charge is 0.478 e. The van der Waals surface area contributed by atoms with E-state index in [1.807, 2.05) is 0 Å². The van der Waals surface area contributed by atoms with Crippen LogP contribution >= 0.6 is 0 Å². The molecule has 124 valence electrons. The maximum absolute atomic E-state index is 11.9. The Morgan fingerprint density at radius 2 is 1.64 bits per heavy atom. The van der Waals surface area contributed by atoms with Gasteiger partial charge in [-0.3, -0.25) is 4.98 Å². The molecule has 0 unspecified atom stereocenters. The first-order valence-electron chi connectivity index (χ1n) is 7.63. The molecule has 0 bridgehead atoms. The van der Waals surface area contributed by atoms with Crippen LogP contribution in [0.2, 0.25) is 0 Å². The maximum Gasteiger partial charge on any atom is 0.389 e. The number of hydrogen-bond donors (Lipinski definition) is 1. The molecule has 1 aromatic rings. The minimum absolute atomic E-state index is 0.209. The Hall–Kier alpha value is -1.59. The van der Waals surface area contributed by atoms with E-state index in [9.17, 15) is 18.0 Å². The summed E-state index contributed by atoms with van der Waals surface area (Å²) in [6.45, 7) is 0. The highest BCUT2D eigenvalue weighted by atomic mass is 19.4. The van der Waals surface area contributed by atoms with Gasteiger partial charge in [0.1, 0.15) is 0 Å². The van der Waals surface area contributed by atoms with Crippen LogP contribution in [-0.4, -0.2) is 22.2 Å². The average Bonchev–Trinajstić information content (AvgIpc) is 2.44. The molecule has 0 fully saturated rings. The fourth-order valence-corrected chi connectivity index (χ4v) is 2.36. The number of carboxylic acid groups (broad SMARTS) is 1. The maximum atomic E-state index is 11.9. The van der Waals surface area contributed by atoms with E-state index in [0.717, 1.165) is 37.7 Å². The Labute approximate surface area is 128 Å². The summed E-state index contributed by atoms with van der Waals surface area (Å²) in [5.74, 6) is -0.943. The lowest BCUT2D eigenvalue weighted by atomic mass is 10.0. The quantitative estimate of drug-likeness (QED) is 0.617. The van der Waals surface area contributed by atoms with Crippen LogP contribution in [0.3, 0.4) is 0 Å². The van der Waals surface area contributed by atoms with Crippen molar-refractivity contribution in [3.63, 3.8) is 0 Å². The molecular formula is C16H22F3NO2. The monoisotopic (exact) mass is 317 g/mol. The van der Waals surface area contributed by atoms with Gasteiger partial charge in [-0.2, -0.15) is 13.2 Å². The highest BCUT2D eigenvalue weighted by Crippen LogP contribution is 2.23. The van der Waals surface area contributed by atoms with Gasteiger partial charge in [-0.25, -0.2) is 4.79 Å². The van der Waals surface area contributed by atoms with Gasteiger partial charge in [0.05, 0.1) is 5.56 Å². The molecule has 0 radical (unpaired) electrons. The van der Waals surface area contributed by atoms with Gasteiger partial charge in [0.15, 0.2) is 0 Å². The fraction of sp³-hybridized carbons (Fsp3) is 0.625. The van der Waals surface area contributed by atoms with Gasteiger partial charge in [-0.05, 0) is 30.9 Å². The Balaban J connectivity index is 2.08. The smallest absolute Gasteiger partial charge is 0.389 e. The molecule has 1 N–H and O–H groups in total. The first kappa shape index (κ1) is 18.5. The summed E-state index contributed by atoms with van der Waals surface area (Å²) in [6, 6.07) is 1.50. The van der Waals surface area contributed by atoms with E-state index < -0.39 is 18.6 Å². The third kappa shape index (κ3) is 8.00. The van der Waals surface area contributed by atoms with Crippen LogP contribution in [0.1, 0.15) is 67.3 Å². The Bertz CT molecular complexity index is 461. The second-order valence-electron chi connectivity index (χ2n) is 5.43. The van der Waals surface area contributed by atoms with Crippen molar-refractivity contribution in [1.29, 1.82) is 0 Å². The van der Waals surface area contributed by atoms with E-state index >= 15 is 0 Å². The molecule has 22 heavy (non-hydrogen) atoms. The topological polar surface area (TPSA) is 50.2 Å². The predicted octanol–water partition coefficient (Wildman–Crippen LogP) is 5.01. The van der Waals surface area contributed by atoms with Crippen LogP contribution in [0, 0.1) is 0 Å². The van der Waals surface area contributed by atoms with Gasteiger partial charge < -0.3 is 5.11 Å². The van der Waals surface area contributed by atoms with Crippen molar-refractivity contribution in [3.05, 3.63) is 29.6 Å². The van der Waals surface area contributed by atoms with Crippen molar-refractivity contribution in [1.82, 2.24) is 4.98 Å². The van der Waals surface area contributed by atoms with Crippen LogP contribution in [0.15, 0.2) is 18.5 Å². The first-order valence-corrected chi connectivity index (χ1v) is 7.63. The number of rotatable bonds is 10.